The summed E-state index contributed by atoms with van der Waals surface area (Å²) in [6.45, 7) is 3.85. The molecular formula is C17H16ClN5OS. The Labute approximate surface area is 154 Å². The summed E-state index contributed by atoms with van der Waals surface area (Å²) in [5, 5.41) is 15.8. The van der Waals surface area contributed by atoms with Gasteiger partial charge in [-0.05, 0) is 53.6 Å². The average Bonchev–Trinajstić information content (AvgIpc) is 3.06. The van der Waals surface area contributed by atoms with Crippen molar-refractivity contribution in [1.82, 2.24) is 20.2 Å². The number of rotatable bonds is 5. The molecule has 1 aromatic heterocycles. The maximum Gasteiger partial charge on any atom is 0.234 e. The quantitative estimate of drug-likeness (QED) is 0.691. The number of carbonyl (C=O) groups excluding carboxylic acids is 1. The number of amides is 1. The number of benzene rings is 2. The van der Waals surface area contributed by atoms with Gasteiger partial charge >= 0.3 is 0 Å². The molecule has 0 atom stereocenters. The van der Waals surface area contributed by atoms with Gasteiger partial charge in [0.15, 0.2) is 0 Å². The predicted octanol–water partition coefficient (Wildman–Crippen LogP) is 3.66. The molecule has 0 aliphatic carbocycles. The van der Waals surface area contributed by atoms with Crippen LogP contribution in [0.25, 0.3) is 5.69 Å². The molecular weight excluding hydrogens is 358 g/mol. The largest absolute Gasteiger partial charge is 0.325 e. The van der Waals surface area contributed by atoms with Crippen molar-refractivity contribution in [3.05, 3.63) is 58.6 Å². The number of hydrogen-bond acceptors (Lipinski definition) is 5. The fourth-order valence-electron chi connectivity index (χ4n) is 2.28. The van der Waals surface area contributed by atoms with E-state index in [1.54, 1.807) is 16.8 Å². The van der Waals surface area contributed by atoms with Crippen molar-refractivity contribution in [2.24, 2.45) is 0 Å². The molecule has 0 aliphatic heterocycles. The predicted molar refractivity (Wildman–Crippen MR) is 99.4 cm³/mol. The number of aromatic nitrogens is 4. The van der Waals surface area contributed by atoms with Crippen LogP contribution < -0.4 is 5.32 Å². The van der Waals surface area contributed by atoms with E-state index in [1.165, 1.54) is 11.8 Å². The van der Waals surface area contributed by atoms with Gasteiger partial charge in [-0.15, -0.1) is 5.10 Å². The Bertz CT molecular complexity index is 912. The fourth-order valence-corrected chi connectivity index (χ4v) is 3.14. The minimum atomic E-state index is -0.144. The van der Waals surface area contributed by atoms with Gasteiger partial charge in [0, 0.05) is 10.7 Å². The molecule has 2 aromatic carbocycles. The lowest BCUT2D eigenvalue weighted by molar-refractivity contribution is -0.113. The van der Waals surface area contributed by atoms with Gasteiger partial charge in [-0.25, -0.2) is 0 Å². The molecule has 8 heteroatoms. The van der Waals surface area contributed by atoms with Crippen molar-refractivity contribution in [3.63, 3.8) is 0 Å². The molecule has 1 N–H and O–H groups in total. The normalized spacial score (nSPS) is 10.7. The van der Waals surface area contributed by atoms with E-state index in [9.17, 15) is 4.79 Å². The second-order valence-electron chi connectivity index (χ2n) is 5.41. The molecule has 128 valence electrons. The molecule has 0 unspecified atom stereocenters. The lowest BCUT2D eigenvalue weighted by atomic mass is 10.2. The third kappa shape index (κ3) is 4.00. The maximum atomic E-state index is 12.2. The summed E-state index contributed by atoms with van der Waals surface area (Å²) in [5.41, 5.74) is 3.49. The molecule has 25 heavy (non-hydrogen) atoms. The highest BCUT2D eigenvalue weighted by molar-refractivity contribution is 7.99. The van der Waals surface area contributed by atoms with Gasteiger partial charge in [0.05, 0.1) is 11.4 Å². The highest BCUT2D eigenvalue weighted by Gasteiger charge is 2.13. The van der Waals surface area contributed by atoms with E-state index >= 15 is 0 Å². The second kappa shape index (κ2) is 7.67. The zero-order chi connectivity index (χ0) is 17.8. The molecule has 0 saturated carbocycles. The number of halogens is 1. The van der Waals surface area contributed by atoms with Gasteiger partial charge in [-0.1, -0.05) is 47.6 Å². The molecule has 6 nitrogen and oxygen atoms in total. The van der Waals surface area contributed by atoms with Crippen LogP contribution in [-0.4, -0.2) is 31.9 Å². The summed E-state index contributed by atoms with van der Waals surface area (Å²) in [5.74, 6) is 0.0489. The highest BCUT2D eigenvalue weighted by Crippen LogP contribution is 2.24. The van der Waals surface area contributed by atoms with Crippen LogP contribution in [0.3, 0.4) is 0 Å². The Morgan fingerprint density at radius 2 is 2.00 bits per heavy atom. The van der Waals surface area contributed by atoms with Crippen molar-refractivity contribution in [1.29, 1.82) is 0 Å². The van der Waals surface area contributed by atoms with E-state index in [0.717, 1.165) is 16.8 Å². The second-order valence-corrected chi connectivity index (χ2v) is 6.76. The molecule has 0 bridgehead atoms. The number of para-hydroxylation sites is 1. The molecule has 0 fully saturated rings. The zero-order valence-corrected chi connectivity index (χ0v) is 15.3. The van der Waals surface area contributed by atoms with Crippen LogP contribution in [0.2, 0.25) is 5.02 Å². The van der Waals surface area contributed by atoms with Crippen LogP contribution in [0.5, 0.6) is 0 Å². The van der Waals surface area contributed by atoms with Crippen LogP contribution >= 0.6 is 23.4 Å². The van der Waals surface area contributed by atoms with Crippen LogP contribution in [0.4, 0.5) is 5.69 Å². The maximum absolute atomic E-state index is 12.2. The number of tetrazole rings is 1. The smallest absolute Gasteiger partial charge is 0.234 e. The van der Waals surface area contributed by atoms with E-state index in [2.05, 4.69) is 20.8 Å². The Hall–Kier alpha value is -2.38. The summed E-state index contributed by atoms with van der Waals surface area (Å²) in [4.78, 5) is 12.2. The topological polar surface area (TPSA) is 72.7 Å². The molecule has 1 heterocycles. The number of nitrogens with zero attached hydrogens (tertiary/aromatic N) is 4. The van der Waals surface area contributed by atoms with Crippen LogP contribution in [-0.2, 0) is 4.79 Å². The van der Waals surface area contributed by atoms with Gasteiger partial charge in [0.1, 0.15) is 0 Å². The van der Waals surface area contributed by atoms with Crippen molar-refractivity contribution < 1.29 is 4.79 Å². The summed E-state index contributed by atoms with van der Waals surface area (Å²) in [7, 11) is 0. The minimum absolute atomic E-state index is 0.144. The molecule has 0 aliphatic rings. The van der Waals surface area contributed by atoms with Crippen LogP contribution in [0.1, 0.15) is 11.1 Å². The first-order chi connectivity index (χ1) is 12.1. The molecule has 0 saturated heterocycles. The number of carbonyl (C=O) groups is 1. The molecule has 3 aromatic rings. The Morgan fingerprint density at radius 1 is 1.20 bits per heavy atom. The van der Waals surface area contributed by atoms with Gasteiger partial charge < -0.3 is 5.32 Å². The summed E-state index contributed by atoms with van der Waals surface area (Å²) in [6, 6.07) is 13.2. The lowest BCUT2D eigenvalue weighted by Crippen LogP contribution is -2.15. The molecule has 0 spiro atoms. The number of nitrogens with one attached hydrogen (secondary N) is 1. The standard InChI is InChI=1S/C17H16ClN5OS/c1-11-6-3-4-9-15(11)23-17(20-21-22-23)25-10-16(24)19-14-8-5-7-13(18)12(14)2/h3-9H,10H2,1-2H3,(H,19,24). The number of thioether (sulfide) groups is 1. The van der Waals surface area contributed by atoms with Crippen molar-refractivity contribution >= 4 is 35.0 Å². The molecule has 1 amide bonds. The average molecular weight is 374 g/mol. The first-order valence-electron chi connectivity index (χ1n) is 7.58. The van der Waals surface area contributed by atoms with Crippen LogP contribution in [0, 0.1) is 13.8 Å². The van der Waals surface area contributed by atoms with E-state index < -0.39 is 0 Å². The number of aryl methyl sites for hydroxylation is 1. The molecule has 3 rings (SSSR count). The Morgan fingerprint density at radius 3 is 2.80 bits per heavy atom. The summed E-state index contributed by atoms with van der Waals surface area (Å²) >= 11 is 7.35. The first-order valence-corrected chi connectivity index (χ1v) is 8.95. The Balaban J connectivity index is 1.69. The highest BCUT2D eigenvalue weighted by atomic mass is 35.5. The lowest BCUT2D eigenvalue weighted by Gasteiger charge is -2.09. The Kier molecular flexibility index (Phi) is 5.35. The van der Waals surface area contributed by atoms with Gasteiger partial charge in [-0.3, -0.25) is 4.79 Å². The monoisotopic (exact) mass is 373 g/mol. The first kappa shape index (κ1) is 17.4. The number of hydrogen-bond donors (Lipinski definition) is 1. The van der Waals surface area contributed by atoms with Gasteiger partial charge in [0.2, 0.25) is 11.1 Å². The SMILES string of the molecule is Cc1ccccc1-n1nnnc1SCC(=O)Nc1cccc(Cl)c1C. The van der Waals surface area contributed by atoms with E-state index in [0.29, 0.717) is 15.9 Å². The fraction of sp³-hybridized carbons (Fsp3) is 0.176. The minimum Gasteiger partial charge on any atom is -0.325 e. The van der Waals surface area contributed by atoms with Crippen LogP contribution in [0.15, 0.2) is 47.6 Å². The van der Waals surface area contributed by atoms with E-state index in [-0.39, 0.29) is 11.7 Å². The third-order valence-corrected chi connectivity index (χ3v) is 4.99. The van der Waals surface area contributed by atoms with Crippen molar-refractivity contribution in [2.75, 3.05) is 11.1 Å². The van der Waals surface area contributed by atoms with E-state index in [4.69, 9.17) is 11.6 Å². The van der Waals surface area contributed by atoms with Crippen molar-refractivity contribution in [3.8, 4) is 5.69 Å². The van der Waals surface area contributed by atoms with Crippen molar-refractivity contribution in [2.45, 2.75) is 19.0 Å². The number of anilines is 1. The summed E-state index contributed by atoms with van der Waals surface area (Å²) in [6.07, 6.45) is 0. The zero-order valence-electron chi connectivity index (χ0n) is 13.7. The third-order valence-electron chi connectivity index (χ3n) is 3.66. The van der Waals surface area contributed by atoms with Gasteiger partial charge in [0.25, 0.3) is 0 Å². The van der Waals surface area contributed by atoms with E-state index in [1.807, 2.05) is 44.2 Å². The molecule has 0 radical (unpaired) electrons. The van der Waals surface area contributed by atoms with Gasteiger partial charge in [-0.2, -0.15) is 4.68 Å². The summed E-state index contributed by atoms with van der Waals surface area (Å²) < 4.78 is 1.64.